The van der Waals surface area contributed by atoms with Crippen LogP contribution in [0.3, 0.4) is 0 Å². The van der Waals surface area contributed by atoms with Crippen LogP contribution in [0, 0.1) is 13.8 Å². The summed E-state index contributed by atoms with van der Waals surface area (Å²) in [5, 5.41) is 3.73. The lowest BCUT2D eigenvalue weighted by atomic mass is 10.1. The van der Waals surface area contributed by atoms with E-state index in [1.807, 2.05) is 51.1 Å². The van der Waals surface area contributed by atoms with Crippen LogP contribution in [0.25, 0.3) is 11.5 Å². The molecule has 2 heterocycles. The van der Waals surface area contributed by atoms with Gasteiger partial charge in [0.25, 0.3) is 10.0 Å². The fraction of sp³-hybridized carbons (Fsp3) is 0.316. The van der Waals surface area contributed by atoms with Crippen molar-refractivity contribution in [2.75, 3.05) is 0 Å². The fourth-order valence-corrected chi connectivity index (χ4v) is 3.85. The summed E-state index contributed by atoms with van der Waals surface area (Å²) in [5.74, 6) is 0.793. The topological polar surface area (TPSA) is 85.3 Å². The van der Waals surface area contributed by atoms with Gasteiger partial charge in [-0.05, 0) is 51.3 Å². The molecule has 1 N–H and O–H groups in total. The van der Waals surface area contributed by atoms with E-state index in [-0.39, 0.29) is 11.1 Å². The van der Waals surface area contributed by atoms with Crippen LogP contribution in [0.2, 0.25) is 0 Å². The Kier molecular flexibility index (Phi) is 5.29. The van der Waals surface area contributed by atoms with Gasteiger partial charge in [-0.25, -0.2) is 13.1 Å². The highest BCUT2D eigenvalue weighted by Crippen LogP contribution is 2.28. The van der Waals surface area contributed by atoms with Crippen molar-refractivity contribution >= 4 is 10.0 Å². The Labute approximate surface area is 153 Å². The van der Waals surface area contributed by atoms with Gasteiger partial charge in [0.05, 0.1) is 5.69 Å². The average Bonchev–Trinajstić information content (AvgIpc) is 3.22. The molecule has 138 valence electrons. The molecule has 2 aromatic heterocycles. The number of sulfonamides is 1. The summed E-state index contributed by atoms with van der Waals surface area (Å²) in [6.45, 7) is 5.51. The molecule has 1 aromatic carbocycles. The second-order valence-corrected chi connectivity index (χ2v) is 8.03. The molecule has 0 fully saturated rings. The highest BCUT2D eigenvalue weighted by molar-refractivity contribution is 7.89. The lowest BCUT2D eigenvalue weighted by molar-refractivity contribution is 0.396. The van der Waals surface area contributed by atoms with Gasteiger partial charge < -0.3 is 8.94 Å². The summed E-state index contributed by atoms with van der Waals surface area (Å²) in [6.07, 6.45) is 1.49. The van der Waals surface area contributed by atoms with Gasteiger partial charge in [-0.3, -0.25) is 0 Å². The van der Waals surface area contributed by atoms with Crippen molar-refractivity contribution in [1.29, 1.82) is 0 Å². The number of furan rings is 1. The first-order valence-electron chi connectivity index (χ1n) is 8.46. The first-order chi connectivity index (χ1) is 12.4. The zero-order valence-electron chi connectivity index (χ0n) is 15.0. The van der Waals surface area contributed by atoms with E-state index >= 15 is 0 Å². The third-order valence-corrected chi connectivity index (χ3v) is 5.75. The molecule has 6 nitrogen and oxygen atoms in total. The molecular formula is C19H22N2O4S. The normalized spacial score (nSPS) is 13.0. The molecule has 0 aliphatic heterocycles. The Bertz CT molecular complexity index is 974. The zero-order chi connectivity index (χ0) is 18.7. The Balaban J connectivity index is 1.67. The van der Waals surface area contributed by atoms with Gasteiger partial charge >= 0.3 is 0 Å². The van der Waals surface area contributed by atoms with Crippen LogP contribution in [0.5, 0.6) is 0 Å². The molecule has 0 saturated heterocycles. The molecule has 0 radical (unpaired) electrons. The molecule has 0 aliphatic rings. The van der Waals surface area contributed by atoms with E-state index in [4.69, 9.17) is 8.94 Å². The number of benzene rings is 1. The molecule has 0 bridgehead atoms. The average molecular weight is 374 g/mol. The maximum atomic E-state index is 12.5. The molecule has 3 rings (SSSR count). The molecule has 0 amide bonds. The van der Waals surface area contributed by atoms with Crippen LogP contribution in [0.4, 0.5) is 0 Å². The van der Waals surface area contributed by atoms with E-state index in [1.54, 1.807) is 6.07 Å². The van der Waals surface area contributed by atoms with Crippen LogP contribution in [-0.4, -0.2) is 19.6 Å². The van der Waals surface area contributed by atoms with Crippen LogP contribution in [-0.2, 0) is 16.4 Å². The summed E-state index contributed by atoms with van der Waals surface area (Å²) in [7, 11) is -3.74. The predicted octanol–water partition coefficient (Wildman–Crippen LogP) is 3.85. The molecule has 26 heavy (non-hydrogen) atoms. The Morgan fingerprint density at radius 1 is 1.12 bits per heavy atom. The zero-order valence-corrected chi connectivity index (χ0v) is 15.8. The van der Waals surface area contributed by atoms with Crippen molar-refractivity contribution in [1.82, 2.24) is 9.88 Å². The number of hydrogen-bond donors (Lipinski definition) is 1. The van der Waals surface area contributed by atoms with Gasteiger partial charge in [-0.1, -0.05) is 35.5 Å². The van der Waals surface area contributed by atoms with E-state index in [1.165, 1.54) is 11.6 Å². The van der Waals surface area contributed by atoms with E-state index in [9.17, 15) is 8.42 Å². The standard InChI is InChI=1S/C19H22N2O4S/c1-13(9-10-16-7-5-4-6-8-16)21-26(22,23)18-12-11-17(24-18)19-14(2)15(3)20-25-19/h4-8,11-13,21H,9-10H2,1-3H3/t13-/m1/s1. The highest BCUT2D eigenvalue weighted by Gasteiger charge is 2.23. The largest absolute Gasteiger partial charge is 0.440 e. The minimum Gasteiger partial charge on any atom is -0.440 e. The van der Waals surface area contributed by atoms with Crippen molar-refractivity contribution in [3.8, 4) is 11.5 Å². The SMILES string of the molecule is Cc1noc(-c2ccc(S(=O)(=O)N[C@H](C)CCc3ccccc3)o2)c1C. The van der Waals surface area contributed by atoms with Gasteiger partial charge in [0.1, 0.15) is 0 Å². The van der Waals surface area contributed by atoms with E-state index in [0.717, 1.165) is 17.7 Å². The summed E-state index contributed by atoms with van der Waals surface area (Å²) in [4.78, 5) is 0. The Morgan fingerprint density at radius 3 is 2.50 bits per heavy atom. The van der Waals surface area contributed by atoms with Crippen molar-refractivity contribution in [3.63, 3.8) is 0 Å². The summed E-state index contributed by atoms with van der Waals surface area (Å²) in [6, 6.07) is 12.8. The fourth-order valence-electron chi connectivity index (χ4n) is 2.64. The number of nitrogens with zero attached hydrogens (tertiary/aromatic N) is 1. The molecule has 7 heteroatoms. The van der Waals surface area contributed by atoms with Crippen LogP contribution >= 0.6 is 0 Å². The van der Waals surface area contributed by atoms with Crippen molar-refractivity contribution in [3.05, 3.63) is 59.3 Å². The van der Waals surface area contributed by atoms with E-state index in [0.29, 0.717) is 17.9 Å². The minimum absolute atomic E-state index is 0.132. The maximum Gasteiger partial charge on any atom is 0.274 e. The highest BCUT2D eigenvalue weighted by atomic mass is 32.2. The molecule has 0 saturated carbocycles. The van der Waals surface area contributed by atoms with Crippen LogP contribution < -0.4 is 4.72 Å². The smallest absolute Gasteiger partial charge is 0.274 e. The van der Waals surface area contributed by atoms with E-state index in [2.05, 4.69) is 9.88 Å². The molecule has 0 aliphatic carbocycles. The number of aromatic nitrogens is 1. The first-order valence-corrected chi connectivity index (χ1v) is 9.94. The molecule has 0 unspecified atom stereocenters. The van der Waals surface area contributed by atoms with Crippen LogP contribution in [0.15, 0.2) is 56.5 Å². The van der Waals surface area contributed by atoms with Crippen molar-refractivity contribution in [2.24, 2.45) is 0 Å². The van der Waals surface area contributed by atoms with Gasteiger partial charge in [0, 0.05) is 11.6 Å². The predicted molar refractivity (Wildman–Crippen MR) is 98.2 cm³/mol. The Hall–Kier alpha value is -2.38. The second kappa shape index (κ2) is 7.47. The summed E-state index contributed by atoms with van der Waals surface area (Å²) in [5.41, 5.74) is 2.75. The molecular weight excluding hydrogens is 352 g/mol. The second-order valence-electron chi connectivity index (χ2n) is 6.39. The number of hydrogen-bond acceptors (Lipinski definition) is 5. The lowest BCUT2D eigenvalue weighted by Gasteiger charge is -2.12. The summed E-state index contributed by atoms with van der Waals surface area (Å²) < 4.78 is 38.5. The third-order valence-electron chi connectivity index (χ3n) is 4.29. The van der Waals surface area contributed by atoms with Gasteiger partial charge in [0.15, 0.2) is 5.76 Å². The minimum atomic E-state index is -3.74. The number of rotatable bonds is 7. The summed E-state index contributed by atoms with van der Waals surface area (Å²) >= 11 is 0. The quantitative estimate of drug-likeness (QED) is 0.679. The molecule has 0 spiro atoms. The van der Waals surface area contributed by atoms with E-state index < -0.39 is 10.0 Å². The Morgan fingerprint density at radius 2 is 1.85 bits per heavy atom. The monoisotopic (exact) mass is 374 g/mol. The van der Waals surface area contributed by atoms with Gasteiger partial charge in [-0.15, -0.1) is 0 Å². The van der Waals surface area contributed by atoms with Gasteiger partial charge in [-0.2, -0.15) is 0 Å². The van der Waals surface area contributed by atoms with Gasteiger partial charge in [0.2, 0.25) is 10.9 Å². The molecule has 1 atom stereocenters. The third kappa shape index (κ3) is 4.05. The lowest BCUT2D eigenvalue weighted by Crippen LogP contribution is -2.32. The number of nitrogens with one attached hydrogen (secondary N) is 1. The van der Waals surface area contributed by atoms with Crippen molar-refractivity contribution < 1.29 is 17.4 Å². The number of aryl methyl sites for hydroxylation is 2. The maximum absolute atomic E-state index is 12.5. The first kappa shape index (κ1) is 18.4. The van der Waals surface area contributed by atoms with Crippen LogP contribution in [0.1, 0.15) is 30.2 Å². The van der Waals surface area contributed by atoms with Crippen molar-refractivity contribution in [2.45, 2.75) is 44.7 Å². The molecule has 3 aromatic rings.